The maximum absolute atomic E-state index is 13.4. The Kier molecular flexibility index (Phi) is 6.22. The monoisotopic (exact) mass is 458 g/mol. The van der Waals surface area contributed by atoms with Crippen molar-refractivity contribution in [1.29, 1.82) is 0 Å². The molecule has 2 unspecified atom stereocenters. The maximum atomic E-state index is 13.4. The van der Waals surface area contributed by atoms with Crippen LogP contribution in [-0.2, 0) is 18.6 Å². The molecule has 0 radical (unpaired) electrons. The van der Waals surface area contributed by atoms with Gasteiger partial charge >= 0.3 is 13.7 Å². The number of hydrogen-bond donors (Lipinski definition) is 2. The van der Waals surface area contributed by atoms with Gasteiger partial charge in [-0.3, -0.25) is 13.9 Å². The van der Waals surface area contributed by atoms with Crippen molar-refractivity contribution >= 4 is 36.9 Å². The summed E-state index contributed by atoms with van der Waals surface area (Å²) in [6.45, 7) is 1.66. The first-order valence-corrected chi connectivity index (χ1v) is 11.4. The highest BCUT2D eigenvalue weighted by atomic mass is 31.2. The number of nitrogen functional groups attached to an aromatic ring is 1. The van der Waals surface area contributed by atoms with Gasteiger partial charge in [-0.25, -0.2) is 19.5 Å². The first-order valence-electron chi connectivity index (χ1n) is 9.87. The lowest BCUT2D eigenvalue weighted by Gasteiger charge is -2.22. The molecule has 32 heavy (non-hydrogen) atoms. The van der Waals surface area contributed by atoms with E-state index in [9.17, 15) is 9.36 Å². The molecule has 4 rings (SSSR count). The third-order valence-electron chi connectivity index (χ3n) is 4.86. The molecule has 1 aliphatic rings. The second-order valence-electron chi connectivity index (χ2n) is 7.26. The summed E-state index contributed by atoms with van der Waals surface area (Å²) in [6, 6.07) is 7.73. The van der Waals surface area contributed by atoms with Crippen LogP contribution in [0.15, 0.2) is 48.6 Å². The lowest BCUT2D eigenvalue weighted by Crippen LogP contribution is -2.34. The summed E-state index contributed by atoms with van der Waals surface area (Å²) in [5.41, 5.74) is 8.01. The highest BCUT2D eigenvalue weighted by Gasteiger charge is 2.37. The molecular formula is C20H23N6O5P. The Morgan fingerprint density at radius 3 is 2.88 bits per heavy atom. The molecule has 0 aliphatic heterocycles. The standard InChI is InChI=1S/C20H23N6O5P/c1-13(20(27)29-2)25-32(28,31-16-6-4-3-5-7-16)30-10-15-8-14(15)9-26-12-24-17-18(21)22-11-23-19(17)26/h3-7,9,11-13,15H,8,10H2,1-2H3,(H,25,28)(H2,21,22,23)/b14-9-/t13-,15?,32?/m0/s1. The SMILES string of the molecule is COC(=O)[C@H](C)NP(=O)(OCC1C/C1=C/n1cnc2c(N)ncnc21)Oc1ccccc1. The van der Waals surface area contributed by atoms with Crippen LogP contribution in [0.4, 0.5) is 5.82 Å². The minimum absolute atomic E-state index is 0.0366. The maximum Gasteiger partial charge on any atom is 0.459 e. The molecule has 168 valence electrons. The van der Waals surface area contributed by atoms with Crippen LogP contribution in [0.2, 0.25) is 0 Å². The number of rotatable bonds is 9. The van der Waals surface area contributed by atoms with Crippen LogP contribution in [-0.4, -0.2) is 45.2 Å². The van der Waals surface area contributed by atoms with Gasteiger partial charge in [0.05, 0.1) is 13.7 Å². The van der Waals surface area contributed by atoms with Gasteiger partial charge < -0.3 is 15.0 Å². The van der Waals surface area contributed by atoms with Gasteiger partial charge in [-0.2, -0.15) is 5.09 Å². The number of hydrogen-bond acceptors (Lipinski definition) is 9. The van der Waals surface area contributed by atoms with Gasteiger partial charge in [-0.1, -0.05) is 18.2 Å². The van der Waals surface area contributed by atoms with Gasteiger partial charge in [-0.15, -0.1) is 0 Å². The smallest absolute Gasteiger partial charge is 0.459 e. The van der Waals surface area contributed by atoms with Crippen molar-refractivity contribution in [3.8, 4) is 5.75 Å². The Bertz CT molecular complexity index is 1200. The largest absolute Gasteiger partial charge is 0.468 e. The fourth-order valence-corrected chi connectivity index (χ4v) is 4.59. The summed E-state index contributed by atoms with van der Waals surface area (Å²) in [5.74, 6) is 0.127. The van der Waals surface area contributed by atoms with Crippen molar-refractivity contribution in [2.24, 2.45) is 5.92 Å². The molecule has 2 aromatic heterocycles. The number of nitrogens with two attached hydrogens (primary N) is 1. The predicted molar refractivity (Wildman–Crippen MR) is 117 cm³/mol. The predicted octanol–water partition coefficient (Wildman–Crippen LogP) is 2.62. The zero-order chi connectivity index (χ0) is 22.7. The summed E-state index contributed by atoms with van der Waals surface area (Å²) in [7, 11) is -2.60. The molecular weight excluding hydrogens is 435 g/mol. The Hall–Kier alpha value is -3.27. The molecule has 3 aromatic rings. The highest BCUT2D eigenvalue weighted by molar-refractivity contribution is 7.52. The summed E-state index contributed by atoms with van der Waals surface area (Å²) in [4.78, 5) is 24.2. The van der Waals surface area contributed by atoms with E-state index in [0.29, 0.717) is 22.7 Å². The van der Waals surface area contributed by atoms with E-state index < -0.39 is 19.8 Å². The van der Waals surface area contributed by atoms with Gasteiger partial charge in [0.2, 0.25) is 0 Å². The lowest BCUT2D eigenvalue weighted by molar-refractivity contribution is -0.142. The lowest BCUT2D eigenvalue weighted by atomic mass is 10.3. The molecule has 11 nitrogen and oxygen atoms in total. The van der Waals surface area contributed by atoms with E-state index in [4.69, 9.17) is 19.5 Å². The van der Waals surface area contributed by atoms with Crippen LogP contribution in [0.1, 0.15) is 13.3 Å². The van der Waals surface area contributed by atoms with Gasteiger partial charge in [-0.05, 0) is 31.1 Å². The van der Waals surface area contributed by atoms with Crippen molar-refractivity contribution in [3.63, 3.8) is 0 Å². The van der Waals surface area contributed by atoms with Gasteiger partial charge in [0.15, 0.2) is 17.0 Å². The third-order valence-corrected chi connectivity index (χ3v) is 6.50. The zero-order valence-corrected chi connectivity index (χ0v) is 18.4. The summed E-state index contributed by atoms with van der Waals surface area (Å²) >= 11 is 0. The number of anilines is 1. The van der Waals surface area contributed by atoms with Gasteiger partial charge in [0.1, 0.15) is 24.4 Å². The number of ether oxygens (including phenoxy) is 1. The van der Waals surface area contributed by atoms with E-state index in [1.54, 1.807) is 35.2 Å². The molecule has 0 spiro atoms. The molecule has 1 aliphatic carbocycles. The number of carbonyl (C=O) groups is 1. The number of nitrogens with one attached hydrogen (secondary N) is 1. The molecule has 0 amide bonds. The van der Waals surface area contributed by atoms with Crippen LogP contribution in [0, 0.1) is 5.92 Å². The number of carbonyl (C=O) groups excluding carboxylic acids is 1. The second-order valence-corrected chi connectivity index (χ2v) is 8.95. The van der Waals surface area contributed by atoms with Gasteiger partial charge in [0.25, 0.3) is 0 Å². The minimum Gasteiger partial charge on any atom is -0.468 e. The number of fused-ring (bicyclic) bond motifs is 1. The number of nitrogens with zero attached hydrogens (tertiary/aromatic N) is 4. The van der Waals surface area contributed by atoms with Crippen molar-refractivity contribution in [1.82, 2.24) is 24.6 Å². The summed E-state index contributed by atoms with van der Waals surface area (Å²) in [6.07, 6.45) is 5.64. The average Bonchev–Trinajstić information content (AvgIpc) is 3.40. The number of imidazole rings is 1. The van der Waals surface area contributed by atoms with Gasteiger partial charge in [0, 0.05) is 12.1 Å². The number of methoxy groups -OCH3 is 1. The van der Waals surface area contributed by atoms with Crippen LogP contribution < -0.4 is 15.3 Å². The molecule has 2 heterocycles. The number of aromatic nitrogens is 4. The average molecular weight is 458 g/mol. The van der Waals surface area contributed by atoms with Crippen molar-refractivity contribution in [2.45, 2.75) is 19.4 Å². The Morgan fingerprint density at radius 1 is 1.34 bits per heavy atom. The molecule has 0 saturated heterocycles. The molecule has 0 bridgehead atoms. The van der Waals surface area contributed by atoms with Crippen molar-refractivity contribution in [2.75, 3.05) is 19.5 Å². The Labute approximate surface area is 184 Å². The number of para-hydroxylation sites is 1. The zero-order valence-electron chi connectivity index (χ0n) is 17.5. The fraction of sp³-hybridized carbons (Fsp3) is 0.300. The quantitative estimate of drug-likeness (QED) is 0.363. The summed E-state index contributed by atoms with van der Waals surface area (Å²) in [5, 5.41) is 2.64. The van der Waals surface area contributed by atoms with E-state index in [1.165, 1.54) is 20.4 Å². The molecule has 3 N–H and O–H groups in total. The highest BCUT2D eigenvalue weighted by Crippen LogP contribution is 2.48. The number of esters is 1. The molecule has 1 fully saturated rings. The fourth-order valence-electron chi connectivity index (χ4n) is 3.06. The van der Waals surface area contributed by atoms with Crippen LogP contribution in [0.25, 0.3) is 17.4 Å². The minimum atomic E-state index is -3.86. The van der Waals surface area contributed by atoms with Crippen molar-refractivity contribution < 1.29 is 23.1 Å². The topological polar surface area (TPSA) is 143 Å². The Morgan fingerprint density at radius 2 is 2.12 bits per heavy atom. The first kappa shape index (κ1) is 21.9. The molecule has 3 atom stereocenters. The third kappa shape index (κ3) is 4.96. The van der Waals surface area contributed by atoms with E-state index >= 15 is 0 Å². The van der Waals surface area contributed by atoms with Crippen LogP contribution >= 0.6 is 7.75 Å². The first-order chi connectivity index (χ1) is 15.4. The van der Waals surface area contributed by atoms with E-state index in [2.05, 4.69) is 20.0 Å². The van der Waals surface area contributed by atoms with E-state index in [1.807, 2.05) is 12.3 Å². The molecule has 1 saturated carbocycles. The normalized spacial score (nSPS) is 19.4. The van der Waals surface area contributed by atoms with Crippen LogP contribution in [0.5, 0.6) is 5.75 Å². The molecule has 1 aromatic carbocycles. The number of benzene rings is 1. The van der Waals surface area contributed by atoms with Crippen molar-refractivity contribution in [3.05, 3.63) is 48.6 Å². The van der Waals surface area contributed by atoms with E-state index in [0.717, 1.165) is 12.0 Å². The summed E-state index contributed by atoms with van der Waals surface area (Å²) < 4.78 is 31.1. The molecule has 12 heteroatoms. The van der Waals surface area contributed by atoms with E-state index in [-0.39, 0.29) is 12.5 Å². The van der Waals surface area contributed by atoms with Crippen LogP contribution in [0.3, 0.4) is 0 Å². The second kappa shape index (κ2) is 9.07. The Balaban J connectivity index is 1.45.